The lowest BCUT2D eigenvalue weighted by Gasteiger charge is -2.32. The molecule has 0 radical (unpaired) electrons. The number of likely N-dealkylation sites (tertiary alicyclic amines) is 1. The van der Waals surface area contributed by atoms with Crippen LogP contribution in [0.25, 0.3) is 10.9 Å². The minimum absolute atomic E-state index is 0.00409. The van der Waals surface area contributed by atoms with Gasteiger partial charge < -0.3 is 25.8 Å². The zero-order chi connectivity index (χ0) is 23.4. The van der Waals surface area contributed by atoms with Gasteiger partial charge in [-0.25, -0.2) is 4.39 Å². The number of carbonyl (C=O) groups is 2. The van der Waals surface area contributed by atoms with Crippen LogP contribution < -0.4 is 21.8 Å². The second kappa shape index (κ2) is 7.57. The standard InChI is InChI=1S/C21H25FN6O4/c1-10(29)27-6-4-11(5-7-27)25-12-8-13-14(17(23)16(12)22)18(30)15(20(31)26-32)19-24-9-21(2,3)28(13)19/h8,11,24-25H,4-7,9,23H2,1-3H3. The number of nitrogen functional groups attached to an aromatic ring is 1. The maximum absolute atomic E-state index is 15.2. The summed E-state index contributed by atoms with van der Waals surface area (Å²) in [7, 11) is 0. The number of hydrogen-bond acceptors (Lipinski definition) is 7. The maximum atomic E-state index is 15.2. The number of halogens is 1. The number of rotatable bonds is 3. The van der Waals surface area contributed by atoms with Crippen LogP contribution in [0.1, 0.15) is 44.0 Å². The molecule has 170 valence electrons. The molecule has 2 aliphatic rings. The number of fused-ring (bicyclic) bond motifs is 3. The number of hydrogen-bond donors (Lipinski definition) is 3. The van der Waals surface area contributed by atoms with Crippen molar-refractivity contribution in [2.45, 2.75) is 45.2 Å². The van der Waals surface area contributed by atoms with Crippen LogP contribution in [-0.2, 0) is 10.3 Å². The van der Waals surface area contributed by atoms with Gasteiger partial charge in [0.25, 0.3) is 0 Å². The molecule has 3 heterocycles. The van der Waals surface area contributed by atoms with E-state index in [1.165, 1.54) is 13.0 Å². The molecule has 0 unspecified atom stereocenters. The van der Waals surface area contributed by atoms with Crippen molar-refractivity contribution in [3.63, 3.8) is 0 Å². The number of carbonyl (C=O) groups excluding carboxylic acids is 2. The topological polar surface area (TPSA) is 139 Å². The molecule has 2 aliphatic heterocycles. The van der Waals surface area contributed by atoms with E-state index in [4.69, 9.17) is 5.73 Å². The summed E-state index contributed by atoms with van der Waals surface area (Å²) in [4.78, 5) is 49.5. The number of benzene rings is 1. The molecule has 4 N–H and O–H groups in total. The second-order valence-corrected chi connectivity index (χ2v) is 8.92. The number of nitroso groups, excluding NO2 is 1. The van der Waals surface area contributed by atoms with Crippen LogP contribution in [0.15, 0.2) is 16.0 Å². The Morgan fingerprint density at radius 2 is 1.97 bits per heavy atom. The van der Waals surface area contributed by atoms with Gasteiger partial charge in [0.1, 0.15) is 11.4 Å². The summed E-state index contributed by atoms with van der Waals surface area (Å²) in [6.45, 7) is 6.79. The summed E-state index contributed by atoms with van der Waals surface area (Å²) in [5.41, 5.74) is 4.29. The fourth-order valence-electron chi connectivity index (χ4n) is 4.63. The first-order valence-electron chi connectivity index (χ1n) is 10.4. The third-order valence-corrected chi connectivity index (χ3v) is 6.33. The molecule has 11 heteroatoms. The average molecular weight is 444 g/mol. The molecule has 10 nitrogen and oxygen atoms in total. The molecule has 4 rings (SSSR count). The molecule has 0 atom stereocenters. The number of piperidine rings is 1. The summed E-state index contributed by atoms with van der Waals surface area (Å²) in [6.07, 6.45) is 1.28. The molecule has 1 fully saturated rings. The zero-order valence-electron chi connectivity index (χ0n) is 18.1. The van der Waals surface area contributed by atoms with Gasteiger partial charge in [-0.05, 0) is 32.8 Å². The second-order valence-electron chi connectivity index (χ2n) is 8.92. The van der Waals surface area contributed by atoms with Crippen molar-refractivity contribution < 1.29 is 14.0 Å². The van der Waals surface area contributed by atoms with Crippen molar-refractivity contribution >= 4 is 39.9 Å². The van der Waals surface area contributed by atoms with Crippen LogP contribution in [0, 0.1) is 10.7 Å². The van der Waals surface area contributed by atoms with Crippen molar-refractivity contribution in [1.29, 1.82) is 0 Å². The van der Waals surface area contributed by atoms with Crippen molar-refractivity contribution in [2.24, 2.45) is 5.18 Å². The Kier molecular flexibility index (Phi) is 5.14. The van der Waals surface area contributed by atoms with Crippen molar-refractivity contribution in [3.05, 3.63) is 32.6 Å². The molecule has 0 saturated carbocycles. The quantitative estimate of drug-likeness (QED) is 0.487. The Hall–Kier alpha value is -3.50. The Morgan fingerprint density at radius 1 is 1.31 bits per heavy atom. The summed E-state index contributed by atoms with van der Waals surface area (Å²) < 4.78 is 16.9. The van der Waals surface area contributed by atoms with Crippen LogP contribution >= 0.6 is 0 Å². The first-order chi connectivity index (χ1) is 15.1. The number of pyridine rings is 1. The molecule has 2 amide bonds. The highest BCUT2D eigenvalue weighted by atomic mass is 19.1. The van der Waals surface area contributed by atoms with Crippen molar-refractivity contribution in [3.8, 4) is 0 Å². The number of nitrogens with one attached hydrogen (secondary N) is 2. The van der Waals surface area contributed by atoms with Crippen LogP contribution in [-0.4, -0.2) is 47.0 Å². The van der Waals surface area contributed by atoms with Gasteiger partial charge in [-0.2, -0.15) is 0 Å². The molecule has 2 aromatic rings. The predicted octanol–water partition coefficient (Wildman–Crippen LogP) is 2.21. The molecule has 0 bridgehead atoms. The van der Waals surface area contributed by atoms with Gasteiger partial charge >= 0.3 is 5.91 Å². The molecule has 1 aromatic heterocycles. The fourth-order valence-corrected chi connectivity index (χ4v) is 4.63. The molecule has 0 spiro atoms. The van der Waals surface area contributed by atoms with E-state index in [1.807, 2.05) is 13.8 Å². The minimum atomic E-state index is -1.23. The minimum Gasteiger partial charge on any atom is -0.396 e. The van der Waals surface area contributed by atoms with E-state index in [2.05, 4.69) is 15.8 Å². The third-order valence-electron chi connectivity index (χ3n) is 6.33. The Balaban J connectivity index is 1.86. The Bertz CT molecular complexity index is 1210. The first kappa shape index (κ1) is 21.7. The average Bonchev–Trinajstić information content (AvgIpc) is 3.06. The van der Waals surface area contributed by atoms with Gasteiger partial charge in [-0.15, -0.1) is 4.91 Å². The van der Waals surface area contributed by atoms with E-state index in [-0.39, 0.29) is 28.8 Å². The molecular weight excluding hydrogens is 419 g/mol. The number of amides is 2. The number of aromatic nitrogens is 1. The van der Waals surface area contributed by atoms with E-state index in [9.17, 15) is 19.3 Å². The lowest BCUT2D eigenvalue weighted by Crippen LogP contribution is -2.41. The normalized spacial score (nSPS) is 17.7. The monoisotopic (exact) mass is 444 g/mol. The van der Waals surface area contributed by atoms with Gasteiger partial charge in [0.15, 0.2) is 5.82 Å². The molecule has 1 saturated heterocycles. The Morgan fingerprint density at radius 3 is 2.56 bits per heavy atom. The highest BCUT2D eigenvalue weighted by Crippen LogP contribution is 2.38. The summed E-state index contributed by atoms with van der Waals surface area (Å²) in [6, 6.07) is 1.44. The van der Waals surface area contributed by atoms with Crippen molar-refractivity contribution in [2.75, 3.05) is 36.0 Å². The van der Waals surface area contributed by atoms with Gasteiger partial charge in [0.2, 0.25) is 11.3 Å². The predicted molar refractivity (Wildman–Crippen MR) is 119 cm³/mol. The highest BCUT2D eigenvalue weighted by Gasteiger charge is 2.37. The van der Waals surface area contributed by atoms with Crippen molar-refractivity contribution in [1.82, 2.24) is 9.47 Å². The van der Waals surface area contributed by atoms with E-state index in [1.54, 1.807) is 9.47 Å². The fraction of sp³-hybridized carbons (Fsp3) is 0.476. The van der Waals surface area contributed by atoms with E-state index >= 15 is 4.39 Å². The third kappa shape index (κ3) is 3.28. The molecule has 1 aromatic carbocycles. The number of nitrogens with zero attached hydrogens (tertiary/aromatic N) is 3. The van der Waals surface area contributed by atoms with Gasteiger partial charge in [0, 0.05) is 37.8 Å². The summed E-state index contributed by atoms with van der Waals surface area (Å²) in [5.74, 6) is -1.86. The summed E-state index contributed by atoms with van der Waals surface area (Å²) >= 11 is 0. The molecule has 32 heavy (non-hydrogen) atoms. The van der Waals surface area contributed by atoms with E-state index in [0.29, 0.717) is 38.0 Å². The van der Waals surface area contributed by atoms with Gasteiger partial charge in [0.05, 0.1) is 27.8 Å². The Labute approximate surface area is 182 Å². The molecular formula is C21H25FN6O4. The SMILES string of the molecule is CC(=O)N1CCC(Nc2cc3c(c(N)c2F)c(=O)c(C(=O)N=O)c2n3C(C)(C)CN2)CC1. The van der Waals surface area contributed by atoms with Gasteiger partial charge in [-0.3, -0.25) is 14.4 Å². The largest absolute Gasteiger partial charge is 0.396 e. The molecule has 0 aliphatic carbocycles. The zero-order valence-corrected chi connectivity index (χ0v) is 18.1. The van der Waals surface area contributed by atoms with E-state index in [0.717, 1.165) is 0 Å². The smallest absolute Gasteiger partial charge is 0.324 e. The van der Waals surface area contributed by atoms with Crippen LogP contribution in [0.4, 0.5) is 21.6 Å². The highest BCUT2D eigenvalue weighted by molar-refractivity contribution is 6.06. The maximum Gasteiger partial charge on any atom is 0.324 e. The lowest BCUT2D eigenvalue weighted by atomic mass is 10.0. The van der Waals surface area contributed by atoms with Crippen LogP contribution in [0.5, 0.6) is 0 Å². The van der Waals surface area contributed by atoms with E-state index < -0.39 is 33.9 Å². The van der Waals surface area contributed by atoms with Gasteiger partial charge in [-0.1, -0.05) is 0 Å². The van der Waals surface area contributed by atoms with Crippen LogP contribution in [0.3, 0.4) is 0 Å². The van der Waals surface area contributed by atoms with Crippen LogP contribution in [0.2, 0.25) is 0 Å². The first-order valence-corrected chi connectivity index (χ1v) is 10.4. The lowest BCUT2D eigenvalue weighted by molar-refractivity contribution is -0.129. The summed E-state index contributed by atoms with van der Waals surface area (Å²) in [5, 5.41) is 8.41. The number of anilines is 3. The number of nitrogens with two attached hydrogens (primary N) is 1.